The lowest BCUT2D eigenvalue weighted by Gasteiger charge is -2.30. The van der Waals surface area contributed by atoms with E-state index in [4.69, 9.17) is 0 Å². The molecule has 2 fully saturated rings. The molecule has 2 nitrogen and oxygen atoms in total. The van der Waals surface area contributed by atoms with Crippen LogP contribution >= 0.6 is 0 Å². The lowest BCUT2D eigenvalue weighted by molar-refractivity contribution is -0.107. The van der Waals surface area contributed by atoms with Crippen molar-refractivity contribution in [2.75, 3.05) is 0 Å². The minimum atomic E-state index is -0.701. The Morgan fingerprint density at radius 3 is 1.30 bits per heavy atom. The molecular formula is C8H14O2. The molecule has 0 aliphatic heterocycles. The third-order valence-corrected chi connectivity index (χ3v) is 3.23. The third kappa shape index (κ3) is 0.611. The van der Waals surface area contributed by atoms with E-state index in [1.807, 2.05) is 0 Å². The Hall–Kier alpha value is -0.0800. The number of rotatable bonds is 0. The maximum Gasteiger partial charge on any atom is 0.0933 e. The second-order valence-electron chi connectivity index (χ2n) is 3.77. The summed E-state index contributed by atoms with van der Waals surface area (Å²) in [7, 11) is 0. The highest BCUT2D eigenvalue weighted by atomic mass is 16.4. The van der Waals surface area contributed by atoms with E-state index in [2.05, 4.69) is 0 Å². The summed E-state index contributed by atoms with van der Waals surface area (Å²) in [5, 5.41) is 19.7. The van der Waals surface area contributed by atoms with Gasteiger partial charge in [-0.05, 0) is 38.5 Å². The van der Waals surface area contributed by atoms with Crippen LogP contribution in [0.2, 0.25) is 0 Å². The summed E-state index contributed by atoms with van der Waals surface area (Å²) in [6, 6.07) is 0. The number of hydrogen-bond acceptors (Lipinski definition) is 2. The van der Waals surface area contributed by atoms with Crippen LogP contribution in [0.25, 0.3) is 0 Å². The Morgan fingerprint density at radius 1 is 0.700 bits per heavy atom. The molecule has 2 N–H and O–H groups in total. The number of hydrogen-bond donors (Lipinski definition) is 2. The van der Waals surface area contributed by atoms with Gasteiger partial charge in [0.25, 0.3) is 0 Å². The molecule has 0 atom stereocenters. The lowest BCUT2D eigenvalue weighted by Crippen LogP contribution is -2.44. The predicted molar refractivity (Wildman–Crippen MR) is 37.6 cm³/mol. The maximum absolute atomic E-state index is 9.84. The van der Waals surface area contributed by atoms with E-state index in [0.29, 0.717) is 0 Å². The summed E-state index contributed by atoms with van der Waals surface area (Å²) < 4.78 is 0. The average molecular weight is 142 g/mol. The first kappa shape index (κ1) is 6.62. The first-order valence-corrected chi connectivity index (χ1v) is 4.11. The van der Waals surface area contributed by atoms with E-state index < -0.39 is 11.2 Å². The molecule has 2 aliphatic carbocycles. The fraction of sp³-hybridized carbons (Fsp3) is 1.00. The van der Waals surface area contributed by atoms with E-state index in [9.17, 15) is 10.2 Å². The minimum Gasteiger partial charge on any atom is -0.387 e. The van der Waals surface area contributed by atoms with Crippen LogP contribution in [0.3, 0.4) is 0 Å². The van der Waals surface area contributed by atoms with Crippen LogP contribution in [0.15, 0.2) is 0 Å². The standard InChI is InChI=1S/C8H14O2/c9-7-3-1-4-8(7,10)6-2-5-7/h9-10H,1-6H2. The van der Waals surface area contributed by atoms with Gasteiger partial charge in [-0.1, -0.05) is 0 Å². The molecule has 2 rings (SSSR count). The highest BCUT2D eigenvalue weighted by Crippen LogP contribution is 2.50. The fourth-order valence-electron chi connectivity index (χ4n) is 2.53. The zero-order valence-electron chi connectivity index (χ0n) is 6.14. The molecule has 58 valence electrons. The molecule has 0 aromatic carbocycles. The SMILES string of the molecule is OC12CCCC1(O)CCC2. The summed E-state index contributed by atoms with van der Waals surface area (Å²) in [4.78, 5) is 0. The monoisotopic (exact) mass is 142 g/mol. The Balaban J connectivity index is 2.30. The van der Waals surface area contributed by atoms with Gasteiger partial charge in [0.15, 0.2) is 0 Å². The molecule has 0 amide bonds. The number of fused-ring (bicyclic) bond motifs is 1. The van der Waals surface area contributed by atoms with E-state index in [1.54, 1.807) is 0 Å². The normalized spacial score (nSPS) is 53.4. The van der Waals surface area contributed by atoms with Crippen molar-refractivity contribution in [1.29, 1.82) is 0 Å². The summed E-state index contributed by atoms with van der Waals surface area (Å²) in [5.41, 5.74) is -1.40. The van der Waals surface area contributed by atoms with E-state index >= 15 is 0 Å². The van der Waals surface area contributed by atoms with Gasteiger partial charge < -0.3 is 10.2 Å². The van der Waals surface area contributed by atoms with E-state index in [-0.39, 0.29) is 0 Å². The second-order valence-corrected chi connectivity index (χ2v) is 3.77. The summed E-state index contributed by atoms with van der Waals surface area (Å²) in [5.74, 6) is 0. The fourth-order valence-corrected chi connectivity index (χ4v) is 2.53. The van der Waals surface area contributed by atoms with Gasteiger partial charge in [0.2, 0.25) is 0 Å². The second kappa shape index (κ2) is 1.74. The molecule has 2 saturated carbocycles. The minimum absolute atomic E-state index is 0.701. The van der Waals surface area contributed by atoms with E-state index in [1.165, 1.54) is 0 Å². The predicted octanol–water partition coefficient (Wildman–Crippen LogP) is 0.816. The zero-order valence-corrected chi connectivity index (χ0v) is 6.14. The van der Waals surface area contributed by atoms with Gasteiger partial charge in [0, 0.05) is 0 Å². The van der Waals surface area contributed by atoms with Gasteiger partial charge in [-0.25, -0.2) is 0 Å². The maximum atomic E-state index is 9.84. The van der Waals surface area contributed by atoms with Crippen LogP contribution in [0.4, 0.5) is 0 Å². The van der Waals surface area contributed by atoms with Gasteiger partial charge in [0.05, 0.1) is 11.2 Å². The number of aliphatic hydroxyl groups is 2. The van der Waals surface area contributed by atoms with Gasteiger partial charge >= 0.3 is 0 Å². The van der Waals surface area contributed by atoms with Crippen molar-refractivity contribution in [3.63, 3.8) is 0 Å². The largest absolute Gasteiger partial charge is 0.387 e. The molecule has 2 heteroatoms. The zero-order chi connectivity index (χ0) is 7.24. The Morgan fingerprint density at radius 2 is 1.00 bits per heavy atom. The summed E-state index contributed by atoms with van der Waals surface area (Å²) >= 11 is 0. The molecule has 2 aliphatic rings. The van der Waals surface area contributed by atoms with Crippen LogP contribution in [-0.2, 0) is 0 Å². The Labute approximate surface area is 60.9 Å². The van der Waals surface area contributed by atoms with Crippen molar-refractivity contribution < 1.29 is 10.2 Å². The summed E-state index contributed by atoms with van der Waals surface area (Å²) in [6.45, 7) is 0. The molecule has 0 spiro atoms. The van der Waals surface area contributed by atoms with Crippen LogP contribution in [0.5, 0.6) is 0 Å². The summed E-state index contributed by atoms with van der Waals surface area (Å²) in [6.07, 6.45) is 5.22. The molecular weight excluding hydrogens is 128 g/mol. The third-order valence-electron chi connectivity index (χ3n) is 3.23. The average Bonchev–Trinajstić information content (AvgIpc) is 2.20. The van der Waals surface area contributed by atoms with Crippen LogP contribution in [0.1, 0.15) is 38.5 Å². The van der Waals surface area contributed by atoms with Crippen molar-refractivity contribution in [3.05, 3.63) is 0 Å². The Bertz CT molecular complexity index is 127. The Kier molecular flexibility index (Phi) is 1.15. The first-order chi connectivity index (χ1) is 4.66. The van der Waals surface area contributed by atoms with Gasteiger partial charge in [-0.2, -0.15) is 0 Å². The quantitative estimate of drug-likeness (QED) is 0.525. The van der Waals surface area contributed by atoms with Crippen LogP contribution < -0.4 is 0 Å². The highest BCUT2D eigenvalue weighted by Gasteiger charge is 2.55. The topological polar surface area (TPSA) is 40.5 Å². The van der Waals surface area contributed by atoms with Crippen molar-refractivity contribution in [2.24, 2.45) is 0 Å². The van der Waals surface area contributed by atoms with E-state index in [0.717, 1.165) is 38.5 Å². The molecule has 0 radical (unpaired) electrons. The van der Waals surface area contributed by atoms with Gasteiger partial charge in [-0.3, -0.25) is 0 Å². The molecule has 0 saturated heterocycles. The van der Waals surface area contributed by atoms with Gasteiger partial charge in [0.1, 0.15) is 0 Å². The smallest absolute Gasteiger partial charge is 0.0933 e. The first-order valence-electron chi connectivity index (χ1n) is 4.11. The van der Waals surface area contributed by atoms with Crippen molar-refractivity contribution >= 4 is 0 Å². The van der Waals surface area contributed by atoms with Crippen LogP contribution in [-0.4, -0.2) is 21.4 Å². The molecule has 0 aromatic rings. The van der Waals surface area contributed by atoms with Crippen LogP contribution in [0, 0.1) is 0 Å². The molecule has 10 heavy (non-hydrogen) atoms. The van der Waals surface area contributed by atoms with Crippen molar-refractivity contribution in [3.8, 4) is 0 Å². The molecule has 0 bridgehead atoms. The highest BCUT2D eigenvalue weighted by molar-refractivity contribution is 5.08. The molecule has 0 heterocycles. The molecule has 0 unspecified atom stereocenters. The van der Waals surface area contributed by atoms with Crippen molar-refractivity contribution in [2.45, 2.75) is 49.7 Å². The lowest BCUT2D eigenvalue weighted by atomic mass is 9.90. The van der Waals surface area contributed by atoms with Gasteiger partial charge in [-0.15, -0.1) is 0 Å². The van der Waals surface area contributed by atoms with Crippen molar-refractivity contribution in [1.82, 2.24) is 0 Å². The molecule has 0 aromatic heterocycles.